The van der Waals surface area contributed by atoms with Crippen molar-refractivity contribution in [2.75, 3.05) is 4.90 Å². The van der Waals surface area contributed by atoms with Crippen LogP contribution in [0, 0.1) is 0 Å². The Kier molecular flexibility index (Phi) is 3.96. The largest absolute Gasteiger partial charge is 0.475 e. The van der Waals surface area contributed by atoms with Crippen molar-refractivity contribution >= 4 is 18.0 Å². The van der Waals surface area contributed by atoms with E-state index >= 15 is 0 Å². The highest BCUT2D eigenvalue weighted by molar-refractivity contribution is 5.88. The van der Waals surface area contributed by atoms with Crippen LogP contribution < -0.4 is 4.90 Å². The molecule has 0 saturated carbocycles. The number of rotatable bonds is 3. The molecule has 1 aliphatic rings. The molecule has 8 heteroatoms. The molecule has 0 aliphatic carbocycles. The minimum atomic E-state index is -1.22. The van der Waals surface area contributed by atoms with Gasteiger partial charge in [-0.3, -0.25) is 0 Å². The number of anilines is 1. The van der Waals surface area contributed by atoms with Crippen molar-refractivity contribution in [2.24, 2.45) is 0 Å². The highest BCUT2D eigenvalue weighted by atomic mass is 16.6. The van der Waals surface area contributed by atoms with Crippen LogP contribution in [0.5, 0.6) is 0 Å². The van der Waals surface area contributed by atoms with Crippen LogP contribution in [0.4, 0.5) is 10.7 Å². The van der Waals surface area contributed by atoms with Gasteiger partial charge in [0.05, 0.1) is 0 Å². The fourth-order valence-corrected chi connectivity index (χ4v) is 2.44. The van der Waals surface area contributed by atoms with Gasteiger partial charge in [0, 0.05) is 12.6 Å². The maximum Gasteiger partial charge on any atom is 0.417 e. The first-order chi connectivity index (χ1) is 11.1. The smallest absolute Gasteiger partial charge is 0.417 e. The van der Waals surface area contributed by atoms with Gasteiger partial charge in [-0.2, -0.15) is 4.98 Å². The third kappa shape index (κ3) is 3.01. The van der Waals surface area contributed by atoms with Gasteiger partial charge in [0.2, 0.25) is 5.95 Å². The number of carbonyl (C=O) groups is 2. The van der Waals surface area contributed by atoms with E-state index in [-0.39, 0.29) is 24.4 Å². The molecule has 1 aliphatic heterocycles. The van der Waals surface area contributed by atoms with Crippen molar-refractivity contribution in [3.63, 3.8) is 0 Å². The summed E-state index contributed by atoms with van der Waals surface area (Å²) in [7, 11) is 0. The molecule has 2 aromatic rings. The Morgan fingerprint density at radius 2 is 2.09 bits per heavy atom. The average molecular weight is 316 g/mol. The topological polar surface area (TPSA) is 97.5 Å². The fraction of sp³-hybridized carbons (Fsp3) is 0.333. The minimum absolute atomic E-state index is 0.142. The molecule has 0 saturated heterocycles. The van der Waals surface area contributed by atoms with Gasteiger partial charge in [0.15, 0.2) is 0 Å². The van der Waals surface area contributed by atoms with Crippen LogP contribution in [0.15, 0.2) is 30.3 Å². The predicted molar refractivity (Wildman–Crippen MR) is 80.2 cm³/mol. The highest BCUT2D eigenvalue weighted by Gasteiger charge is 2.33. The maximum atomic E-state index is 12.4. The number of amides is 1. The first-order valence-electron chi connectivity index (χ1n) is 7.24. The van der Waals surface area contributed by atoms with Crippen molar-refractivity contribution in [2.45, 2.75) is 32.5 Å². The number of fused-ring (bicyclic) bond motifs is 1. The fourth-order valence-electron chi connectivity index (χ4n) is 2.44. The zero-order chi connectivity index (χ0) is 16.4. The summed E-state index contributed by atoms with van der Waals surface area (Å²) in [5.41, 5.74) is 0.873. The van der Waals surface area contributed by atoms with Crippen LogP contribution in [0.3, 0.4) is 0 Å². The van der Waals surface area contributed by atoms with E-state index in [1.165, 1.54) is 9.58 Å². The number of carboxylic acids is 1. The molecule has 8 nitrogen and oxygen atoms in total. The minimum Gasteiger partial charge on any atom is -0.475 e. The Bertz CT molecular complexity index is 728. The molecule has 23 heavy (non-hydrogen) atoms. The van der Waals surface area contributed by atoms with E-state index in [9.17, 15) is 9.59 Å². The lowest BCUT2D eigenvalue weighted by Gasteiger charge is -2.31. The van der Waals surface area contributed by atoms with E-state index < -0.39 is 12.1 Å². The molecule has 0 radical (unpaired) electrons. The molecule has 1 unspecified atom stereocenters. The average Bonchev–Trinajstić information content (AvgIpc) is 2.98. The lowest BCUT2D eigenvalue weighted by atomic mass is 10.2. The van der Waals surface area contributed by atoms with Gasteiger partial charge >= 0.3 is 12.1 Å². The van der Waals surface area contributed by atoms with E-state index in [2.05, 4.69) is 10.1 Å². The molecular weight excluding hydrogens is 300 g/mol. The molecule has 2 heterocycles. The number of aromatic carboxylic acids is 1. The summed E-state index contributed by atoms with van der Waals surface area (Å²) in [4.78, 5) is 28.7. The zero-order valence-electron chi connectivity index (χ0n) is 12.5. The van der Waals surface area contributed by atoms with Gasteiger partial charge in [0.1, 0.15) is 6.61 Å². The van der Waals surface area contributed by atoms with Gasteiger partial charge in [-0.1, -0.05) is 30.3 Å². The van der Waals surface area contributed by atoms with Crippen LogP contribution >= 0.6 is 0 Å². The van der Waals surface area contributed by atoms with Crippen LogP contribution in [0.2, 0.25) is 0 Å². The second-order valence-electron chi connectivity index (χ2n) is 5.31. The predicted octanol–water partition coefficient (Wildman–Crippen LogP) is 1.91. The van der Waals surface area contributed by atoms with E-state index in [1.54, 1.807) is 0 Å². The normalized spacial score (nSPS) is 16.7. The first kappa shape index (κ1) is 15.0. The van der Waals surface area contributed by atoms with Crippen LogP contribution in [0.25, 0.3) is 0 Å². The number of ether oxygens (including phenoxy) is 1. The van der Waals surface area contributed by atoms with Crippen molar-refractivity contribution < 1.29 is 19.4 Å². The molecule has 120 valence electrons. The maximum absolute atomic E-state index is 12.4. The summed E-state index contributed by atoms with van der Waals surface area (Å²) in [5.74, 6) is -1.34. The monoisotopic (exact) mass is 316 g/mol. The number of carbonyl (C=O) groups excluding carboxylic acids is 1. The number of benzene rings is 1. The van der Waals surface area contributed by atoms with Crippen molar-refractivity contribution in [3.8, 4) is 0 Å². The van der Waals surface area contributed by atoms with Crippen LogP contribution in [-0.2, 0) is 17.9 Å². The summed E-state index contributed by atoms with van der Waals surface area (Å²) in [6, 6.07) is 9.19. The third-order valence-electron chi connectivity index (χ3n) is 3.66. The van der Waals surface area contributed by atoms with Crippen molar-refractivity contribution in [3.05, 3.63) is 41.7 Å². The Balaban J connectivity index is 1.78. The van der Waals surface area contributed by atoms with Gasteiger partial charge in [-0.15, -0.1) is 5.10 Å². The number of nitrogens with zero attached hydrogens (tertiary/aromatic N) is 4. The van der Waals surface area contributed by atoms with Gasteiger partial charge in [-0.05, 0) is 18.9 Å². The lowest BCUT2D eigenvalue weighted by molar-refractivity contribution is 0.0683. The molecule has 0 fully saturated rings. The lowest BCUT2D eigenvalue weighted by Crippen LogP contribution is -2.44. The Morgan fingerprint density at radius 1 is 1.35 bits per heavy atom. The second-order valence-corrected chi connectivity index (χ2v) is 5.31. The number of aromatic nitrogens is 3. The standard InChI is InChI=1S/C15H16N4O4/c1-10-7-8-18-14(16-12(17-18)13(20)21)19(10)15(22)23-9-11-5-3-2-4-6-11/h2-6,10H,7-9H2,1H3,(H,20,21). The second kappa shape index (κ2) is 6.07. The molecule has 3 rings (SSSR count). The molecule has 1 N–H and O–H groups in total. The molecule has 0 spiro atoms. The molecule has 1 amide bonds. The quantitative estimate of drug-likeness (QED) is 0.929. The van der Waals surface area contributed by atoms with Gasteiger partial charge in [0.25, 0.3) is 5.82 Å². The first-order valence-corrected chi connectivity index (χ1v) is 7.24. The van der Waals surface area contributed by atoms with Crippen LogP contribution in [-0.4, -0.2) is 38.0 Å². The summed E-state index contributed by atoms with van der Waals surface area (Å²) >= 11 is 0. The number of hydrogen-bond acceptors (Lipinski definition) is 5. The van der Waals surface area contributed by atoms with Crippen molar-refractivity contribution in [1.29, 1.82) is 0 Å². The Labute approximate surface area is 132 Å². The molecular formula is C15H16N4O4. The van der Waals surface area contributed by atoms with E-state index in [0.717, 1.165) is 5.56 Å². The Morgan fingerprint density at radius 3 is 2.78 bits per heavy atom. The zero-order valence-corrected chi connectivity index (χ0v) is 12.5. The number of hydrogen-bond donors (Lipinski definition) is 1. The molecule has 0 bridgehead atoms. The summed E-state index contributed by atoms with van der Waals surface area (Å²) in [5, 5.41) is 12.9. The van der Waals surface area contributed by atoms with Crippen molar-refractivity contribution in [1.82, 2.24) is 14.8 Å². The summed E-state index contributed by atoms with van der Waals surface area (Å²) in [6.45, 7) is 2.52. The van der Waals surface area contributed by atoms with E-state index in [1.807, 2.05) is 37.3 Å². The Hall–Kier alpha value is -2.90. The number of aryl methyl sites for hydroxylation is 1. The van der Waals surface area contributed by atoms with Gasteiger partial charge < -0.3 is 9.84 Å². The molecule has 1 aromatic carbocycles. The van der Waals surface area contributed by atoms with E-state index in [4.69, 9.17) is 9.84 Å². The van der Waals surface area contributed by atoms with Crippen LogP contribution in [0.1, 0.15) is 29.5 Å². The summed E-state index contributed by atoms with van der Waals surface area (Å²) in [6.07, 6.45) is 0.0854. The summed E-state index contributed by atoms with van der Waals surface area (Å²) < 4.78 is 6.75. The van der Waals surface area contributed by atoms with Gasteiger partial charge in [-0.25, -0.2) is 19.2 Å². The van der Waals surface area contributed by atoms with E-state index in [0.29, 0.717) is 13.0 Å². The molecule has 1 aromatic heterocycles. The third-order valence-corrected chi connectivity index (χ3v) is 3.66. The number of carboxylic acid groups (broad SMARTS) is 1. The highest BCUT2D eigenvalue weighted by Crippen LogP contribution is 2.24. The molecule has 1 atom stereocenters. The SMILES string of the molecule is CC1CCn2nc(C(=O)O)nc2N1C(=O)OCc1ccccc1.